The molecule has 0 heterocycles. The first-order valence-electron chi connectivity index (χ1n) is 5.62. The Morgan fingerprint density at radius 1 is 1.21 bits per heavy atom. The molecule has 2 aromatic rings. The minimum Gasteiger partial charge on any atom is -0.456 e. The lowest BCUT2D eigenvalue weighted by molar-refractivity contribution is 0.318. The molecule has 19 heavy (non-hydrogen) atoms. The first kappa shape index (κ1) is 13.4. The highest BCUT2D eigenvalue weighted by Gasteiger charge is 2.11. The lowest BCUT2D eigenvalue weighted by Crippen LogP contribution is -2.14. The third-order valence-electron chi connectivity index (χ3n) is 2.63. The second-order valence-corrected chi connectivity index (χ2v) is 4.91. The quantitative estimate of drug-likeness (QED) is 0.392. The van der Waals surface area contributed by atoms with Crippen LogP contribution in [0.15, 0.2) is 52.1 Å². The molecule has 0 bridgehead atoms. The molecule has 4 nitrogen and oxygen atoms in total. The number of amidine groups is 1. The molecule has 2 aromatic carbocycles. The number of para-hydroxylation sites is 1. The predicted octanol–water partition coefficient (Wildman–Crippen LogP) is 3.64. The van der Waals surface area contributed by atoms with Crippen LogP contribution in [-0.4, -0.2) is 11.0 Å². The second kappa shape index (κ2) is 5.75. The third kappa shape index (κ3) is 3.06. The maximum atomic E-state index is 8.81. The van der Waals surface area contributed by atoms with E-state index in [0.717, 1.165) is 10.0 Å². The number of rotatable bonds is 3. The van der Waals surface area contributed by atoms with Crippen molar-refractivity contribution >= 4 is 21.8 Å². The minimum atomic E-state index is 0.0239. The maximum absolute atomic E-state index is 8.81. The van der Waals surface area contributed by atoms with E-state index >= 15 is 0 Å². The molecule has 98 valence electrons. The zero-order valence-corrected chi connectivity index (χ0v) is 11.9. The Kier molecular flexibility index (Phi) is 4.06. The Morgan fingerprint density at radius 2 is 1.89 bits per heavy atom. The summed E-state index contributed by atoms with van der Waals surface area (Å²) < 4.78 is 6.80. The van der Waals surface area contributed by atoms with E-state index in [1.54, 1.807) is 6.07 Å². The van der Waals surface area contributed by atoms with Gasteiger partial charge in [0.05, 0.1) is 5.56 Å². The van der Waals surface area contributed by atoms with Gasteiger partial charge in [-0.1, -0.05) is 33.2 Å². The number of benzene rings is 2. The molecule has 0 spiro atoms. The highest BCUT2D eigenvalue weighted by Crippen LogP contribution is 2.29. The van der Waals surface area contributed by atoms with Crippen molar-refractivity contribution in [1.82, 2.24) is 0 Å². The zero-order valence-electron chi connectivity index (χ0n) is 10.3. The average Bonchev–Trinajstić information content (AvgIpc) is 2.42. The topological polar surface area (TPSA) is 67.8 Å². The second-order valence-electron chi connectivity index (χ2n) is 3.99. The Bertz CT molecular complexity index is 609. The van der Waals surface area contributed by atoms with Gasteiger partial charge in [-0.25, -0.2) is 0 Å². The molecule has 0 atom stereocenters. The summed E-state index contributed by atoms with van der Waals surface area (Å²) in [6, 6.07) is 12.9. The van der Waals surface area contributed by atoms with Gasteiger partial charge in [0.25, 0.3) is 0 Å². The van der Waals surface area contributed by atoms with Crippen molar-refractivity contribution in [1.29, 1.82) is 0 Å². The maximum Gasteiger partial charge on any atom is 0.173 e. The van der Waals surface area contributed by atoms with Gasteiger partial charge in [0.1, 0.15) is 11.5 Å². The van der Waals surface area contributed by atoms with Crippen LogP contribution in [-0.2, 0) is 0 Å². The molecule has 5 heteroatoms. The smallest absolute Gasteiger partial charge is 0.173 e. The monoisotopic (exact) mass is 320 g/mol. The molecular formula is C14H13BrN2O2. The first-order valence-corrected chi connectivity index (χ1v) is 6.42. The van der Waals surface area contributed by atoms with Crippen LogP contribution in [0.3, 0.4) is 0 Å². The van der Waals surface area contributed by atoms with Gasteiger partial charge in [-0.2, -0.15) is 0 Å². The molecule has 3 N–H and O–H groups in total. The van der Waals surface area contributed by atoms with Crippen LogP contribution >= 0.6 is 15.9 Å². The standard InChI is InChI=1S/C14H13BrN2O2/c1-9-3-2-4-12(14(16)17-18)13(9)19-11-7-5-10(15)6-8-11/h2-8,18H,1H3,(H2,16,17). The SMILES string of the molecule is Cc1cccc(/C(N)=N/O)c1Oc1ccc(Br)cc1. The van der Waals surface area contributed by atoms with Crippen molar-refractivity contribution < 1.29 is 9.94 Å². The molecule has 0 aliphatic carbocycles. The number of nitrogens with two attached hydrogens (primary N) is 1. The van der Waals surface area contributed by atoms with Crippen LogP contribution in [0.25, 0.3) is 0 Å². The first-order chi connectivity index (χ1) is 9.11. The van der Waals surface area contributed by atoms with Gasteiger partial charge in [0.15, 0.2) is 5.84 Å². The van der Waals surface area contributed by atoms with Crippen LogP contribution in [0, 0.1) is 6.92 Å². The lowest BCUT2D eigenvalue weighted by atomic mass is 10.1. The van der Waals surface area contributed by atoms with Crippen molar-refractivity contribution in [3.63, 3.8) is 0 Å². The Balaban J connectivity index is 2.41. The molecule has 2 rings (SSSR count). The number of nitrogens with zero attached hydrogens (tertiary/aromatic N) is 1. The van der Waals surface area contributed by atoms with Gasteiger partial charge in [-0.05, 0) is 42.8 Å². The molecule has 0 saturated heterocycles. The molecule has 0 aliphatic heterocycles. The van der Waals surface area contributed by atoms with Crippen molar-refractivity contribution in [2.45, 2.75) is 6.92 Å². The summed E-state index contributed by atoms with van der Waals surface area (Å²) in [5, 5.41) is 11.8. The number of hydrogen-bond donors (Lipinski definition) is 2. The molecule has 0 unspecified atom stereocenters. The van der Waals surface area contributed by atoms with E-state index in [0.29, 0.717) is 17.1 Å². The van der Waals surface area contributed by atoms with Crippen molar-refractivity contribution in [3.05, 3.63) is 58.1 Å². The largest absolute Gasteiger partial charge is 0.456 e. The van der Waals surface area contributed by atoms with Gasteiger partial charge in [-0.3, -0.25) is 0 Å². The number of oxime groups is 1. The predicted molar refractivity (Wildman–Crippen MR) is 77.9 cm³/mol. The fourth-order valence-electron chi connectivity index (χ4n) is 1.66. The van der Waals surface area contributed by atoms with Gasteiger partial charge < -0.3 is 15.7 Å². The Morgan fingerprint density at radius 3 is 2.53 bits per heavy atom. The summed E-state index contributed by atoms with van der Waals surface area (Å²) in [4.78, 5) is 0. The highest BCUT2D eigenvalue weighted by molar-refractivity contribution is 9.10. The van der Waals surface area contributed by atoms with Gasteiger partial charge in [0, 0.05) is 4.47 Å². The molecule has 0 fully saturated rings. The van der Waals surface area contributed by atoms with Crippen LogP contribution in [0.2, 0.25) is 0 Å². The summed E-state index contributed by atoms with van der Waals surface area (Å²) >= 11 is 3.37. The summed E-state index contributed by atoms with van der Waals surface area (Å²) in [5.41, 5.74) is 7.12. The Hall–Kier alpha value is -2.01. The normalized spacial score (nSPS) is 11.4. The summed E-state index contributed by atoms with van der Waals surface area (Å²) in [6.07, 6.45) is 0. The van der Waals surface area contributed by atoms with Gasteiger partial charge in [-0.15, -0.1) is 0 Å². The van der Waals surface area contributed by atoms with Crippen LogP contribution in [0.1, 0.15) is 11.1 Å². The van der Waals surface area contributed by atoms with Crippen molar-refractivity contribution in [3.8, 4) is 11.5 Å². The number of aryl methyl sites for hydroxylation is 1. The number of halogens is 1. The molecule has 0 saturated carbocycles. The van der Waals surface area contributed by atoms with E-state index in [1.807, 2.05) is 43.3 Å². The van der Waals surface area contributed by atoms with E-state index in [-0.39, 0.29) is 5.84 Å². The van der Waals surface area contributed by atoms with Crippen molar-refractivity contribution in [2.75, 3.05) is 0 Å². The Labute approximate surface area is 119 Å². The zero-order chi connectivity index (χ0) is 13.8. The number of ether oxygens (including phenoxy) is 1. The van der Waals surface area contributed by atoms with E-state index in [9.17, 15) is 0 Å². The van der Waals surface area contributed by atoms with Gasteiger partial charge in [0.2, 0.25) is 0 Å². The van der Waals surface area contributed by atoms with Gasteiger partial charge >= 0.3 is 0 Å². The summed E-state index contributed by atoms with van der Waals surface area (Å²) in [5.74, 6) is 1.29. The molecular weight excluding hydrogens is 308 g/mol. The van der Waals surface area contributed by atoms with E-state index in [1.165, 1.54) is 0 Å². The van der Waals surface area contributed by atoms with Crippen LogP contribution in [0.5, 0.6) is 11.5 Å². The van der Waals surface area contributed by atoms with Crippen molar-refractivity contribution in [2.24, 2.45) is 10.9 Å². The molecule has 0 amide bonds. The fourth-order valence-corrected chi connectivity index (χ4v) is 1.93. The molecule has 0 aromatic heterocycles. The average molecular weight is 321 g/mol. The van der Waals surface area contributed by atoms with E-state index in [2.05, 4.69) is 21.1 Å². The molecule has 0 aliphatic rings. The third-order valence-corrected chi connectivity index (χ3v) is 3.16. The van der Waals surface area contributed by atoms with E-state index < -0.39 is 0 Å². The summed E-state index contributed by atoms with van der Waals surface area (Å²) in [7, 11) is 0. The van der Waals surface area contributed by atoms with Crippen LogP contribution in [0.4, 0.5) is 0 Å². The number of hydrogen-bond acceptors (Lipinski definition) is 3. The molecule has 0 radical (unpaired) electrons. The fraction of sp³-hybridized carbons (Fsp3) is 0.0714. The minimum absolute atomic E-state index is 0.0239. The van der Waals surface area contributed by atoms with Crippen LogP contribution < -0.4 is 10.5 Å². The highest BCUT2D eigenvalue weighted by atomic mass is 79.9. The van der Waals surface area contributed by atoms with E-state index in [4.69, 9.17) is 15.7 Å². The lowest BCUT2D eigenvalue weighted by Gasteiger charge is -2.13. The summed E-state index contributed by atoms with van der Waals surface area (Å²) in [6.45, 7) is 1.91.